The van der Waals surface area contributed by atoms with E-state index < -0.39 is 34.9 Å². The summed E-state index contributed by atoms with van der Waals surface area (Å²) in [5.74, 6) is -1.41. The molecule has 1 aromatic carbocycles. The molecule has 0 aromatic heterocycles. The molecule has 1 aliphatic rings. The third kappa shape index (κ3) is 3.52. The van der Waals surface area contributed by atoms with Gasteiger partial charge in [0, 0.05) is 11.3 Å². The zero-order valence-corrected chi connectivity index (χ0v) is 13.4. The highest BCUT2D eigenvalue weighted by Crippen LogP contribution is 2.43. The van der Waals surface area contributed by atoms with Crippen LogP contribution < -0.4 is 0 Å². The molecule has 0 bridgehead atoms. The molecular weight excluding hydrogens is 309 g/mol. The monoisotopic (exact) mass is 327 g/mol. The molecule has 0 saturated carbocycles. The second-order valence-corrected chi connectivity index (χ2v) is 7.06. The molecule has 1 fully saturated rings. The highest BCUT2D eigenvalue weighted by atomic mass is 32.2. The molecule has 1 aliphatic heterocycles. The van der Waals surface area contributed by atoms with Crippen LogP contribution >= 0.6 is 11.8 Å². The SMILES string of the molecule is CC(C)(C)OC(=O)N1[C@@H](C(=O)O)CS[C@@H]1c1ccccc1F. The third-order valence-electron chi connectivity index (χ3n) is 3.06. The first-order valence-corrected chi connectivity index (χ1v) is 7.86. The molecule has 1 saturated heterocycles. The van der Waals surface area contributed by atoms with Gasteiger partial charge in [-0.25, -0.2) is 14.0 Å². The van der Waals surface area contributed by atoms with Crippen molar-refractivity contribution in [3.05, 3.63) is 35.6 Å². The van der Waals surface area contributed by atoms with E-state index in [0.29, 0.717) is 0 Å². The van der Waals surface area contributed by atoms with Gasteiger partial charge in [0.1, 0.15) is 22.8 Å². The molecular formula is C15H18FNO4S. The molecule has 0 radical (unpaired) electrons. The van der Waals surface area contributed by atoms with Gasteiger partial charge in [-0.05, 0) is 26.8 Å². The highest BCUT2D eigenvalue weighted by molar-refractivity contribution is 7.99. The lowest BCUT2D eigenvalue weighted by molar-refractivity contribution is -0.142. The topological polar surface area (TPSA) is 66.8 Å². The van der Waals surface area contributed by atoms with E-state index >= 15 is 0 Å². The first-order chi connectivity index (χ1) is 10.2. The number of carboxylic acid groups (broad SMARTS) is 1. The minimum atomic E-state index is -1.13. The average Bonchev–Trinajstić information content (AvgIpc) is 2.82. The maximum absolute atomic E-state index is 14.0. The minimum absolute atomic E-state index is 0.188. The van der Waals surface area contributed by atoms with Gasteiger partial charge in [-0.15, -0.1) is 11.8 Å². The number of ether oxygens (including phenoxy) is 1. The Kier molecular flexibility index (Phi) is 4.65. The van der Waals surface area contributed by atoms with Crippen LogP contribution in [0.4, 0.5) is 9.18 Å². The van der Waals surface area contributed by atoms with Crippen LogP contribution in [0.5, 0.6) is 0 Å². The number of hydrogen-bond donors (Lipinski definition) is 1. The molecule has 1 amide bonds. The average molecular weight is 327 g/mol. The molecule has 0 spiro atoms. The van der Waals surface area contributed by atoms with E-state index in [-0.39, 0.29) is 11.3 Å². The van der Waals surface area contributed by atoms with Crippen LogP contribution in [0.2, 0.25) is 0 Å². The molecule has 22 heavy (non-hydrogen) atoms. The number of amides is 1. The van der Waals surface area contributed by atoms with Crippen LogP contribution in [0.15, 0.2) is 24.3 Å². The van der Waals surface area contributed by atoms with Gasteiger partial charge in [-0.2, -0.15) is 0 Å². The van der Waals surface area contributed by atoms with Crippen LogP contribution in [0, 0.1) is 5.82 Å². The van der Waals surface area contributed by atoms with E-state index in [1.165, 1.54) is 17.8 Å². The Balaban J connectivity index is 2.35. The maximum Gasteiger partial charge on any atom is 0.412 e. The molecule has 0 unspecified atom stereocenters. The summed E-state index contributed by atoms with van der Waals surface area (Å²) >= 11 is 1.21. The van der Waals surface area contributed by atoms with Crippen LogP contribution in [-0.4, -0.2) is 39.5 Å². The largest absolute Gasteiger partial charge is 0.480 e. The van der Waals surface area contributed by atoms with E-state index in [1.807, 2.05) is 0 Å². The Labute approximate surface area is 132 Å². The maximum atomic E-state index is 14.0. The number of carboxylic acids is 1. The molecule has 1 aromatic rings. The van der Waals surface area contributed by atoms with E-state index in [2.05, 4.69) is 0 Å². The predicted octanol–water partition coefficient (Wildman–Crippen LogP) is 3.26. The van der Waals surface area contributed by atoms with Gasteiger partial charge in [0.15, 0.2) is 0 Å². The third-order valence-corrected chi connectivity index (χ3v) is 4.37. The molecule has 120 valence electrons. The van der Waals surface area contributed by atoms with Crippen molar-refractivity contribution in [1.82, 2.24) is 4.90 Å². The summed E-state index contributed by atoms with van der Waals surface area (Å²) in [6.07, 6.45) is -0.752. The van der Waals surface area contributed by atoms with E-state index in [4.69, 9.17) is 4.74 Å². The van der Waals surface area contributed by atoms with Gasteiger partial charge < -0.3 is 9.84 Å². The number of hydrogen-bond acceptors (Lipinski definition) is 4. The number of benzene rings is 1. The van der Waals surface area contributed by atoms with Crippen LogP contribution in [0.1, 0.15) is 31.7 Å². The fraction of sp³-hybridized carbons (Fsp3) is 0.467. The fourth-order valence-electron chi connectivity index (χ4n) is 2.15. The number of carbonyl (C=O) groups excluding carboxylic acids is 1. The minimum Gasteiger partial charge on any atom is -0.480 e. The number of halogens is 1. The van der Waals surface area contributed by atoms with Gasteiger partial charge in [0.25, 0.3) is 0 Å². The van der Waals surface area contributed by atoms with Crippen LogP contribution in [0.25, 0.3) is 0 Å². The molecule has 7 heteroatoms. The zero-order valence-electron chi connectivity index (χ0n) is 12.6. The zero-order chi connectivity index (χ0) is 16.5. The molecule has 2 atom stereocenters. The summed E-state index contributed by atoms with van der Waals surface area (Å²) < 4.78 is 19.3. The van der Waals surface area contributed by atoms with Crippen LogP contribution in [0.3, 0.4) is 0 Å². The smallest absolute Gasteiger partial charge is 0.412 e. The molecule has 1 N–H and O–H groups in total. The summed E-state index contributed by atoms with van der Waals surface area (Å²) in [4.78, 5) is 24.9. The van der Waals surface area contributed by atoms with Crippen LogP contribution in [-0.2, 0) is 9.53 Å². The standard InChI is InChI=1S/C15H18FNO4S/c1-15(2,3)21-14(20)17-11(13(18)19)8-22-12(17)9-6-4-5-7-10(9)16/h4-7,11-12H,8H2,1-3H3,(H,18,19)/t11-,12-/m1/s1. The lowest BCUT2D eigenvalue weighted by Gasteiger charge is -2.30. The normalized spacial score (nSPS) is 21.7. The van der Waals surface area contributed by atoms with Crippen molar-refractivity contribution in [3.8, 4) is 0 Å². The van der Waals surface area contributed by atoms with E-state index in [9.17, 15) is 19.1 Å². The van der Waals surface area contributed by atoms with Crippen molar-refractivity contribution in [3.63, 3.8) is 0 Å². The summed E-state index contributed by atoms with van der Waals surface area (Å²) in [7, 11) is 0. The van der Waals surface area contributed by atoms with Gasteiger partial charge >= 0.3 is 12.1 Å². The predicted molar refractivity (Wildman–Crippen MR) is 81.1 cm³/mol. The summed E-state index contributed by atoms with van der Waals surface area (Å²) in [6, 6.07) is 5.00. The van der Waals surface area contributed by atoms with Crippen molar-refractivity contribution in [2.45, 2.75) is 37.8 Å². The number of rotatable bonds is 2. The molecule has 0 aliphatic carbocycles. The number of nitrogens with zero attached hydrogens (tertiary/aromatic N) is 1. The second kappa shape index (κ2) is 6.16. The summed E-state index contributed by atoms with van der Waals surface area (Å²) in [5.41, 5.74) is -0.477. The van der Waals surface area contributed by atoms with Crippen molar-refractivity contribution in [2.75, 3.05) is 5.75 Å². The second-order valence-electron chi connectivity index (χ2n) is 5.95. The first kappa shape index (κ1) is 16.6. The Morgan fingerprint density at radius 2 is 2.00 bits per heavy atom. The van der Waals surface area contributed by atoms with Crippen molar-refractivity contribution in [1.29, 1.82) is 0 Å². The van der Waals surface area contributed by atoms with Crippen molar-refractivity contribution >= 4 is 23.8 Å². The number of aliphatic carboxylic acids is 1. The van der Waals surface area contributed by atoms with E-state index in [0.717, 1.165) is 4.90 Å². The quantitative estimate of drug-likeness (QED) is 0.903. The fourth-order valence-corrected chi connectivity index (χ4v) is 3.58. The first-order valence-electron chi connectivity index (χ1n) is 6.81. The Morgan fingerprint density at radius 3 is 2.55 bits per heavy atom. The number of carbonyl (C=O) groups is 2. The van der Waals surface area contributed by atoms with Gasteiger partial charge in [0.2, 0.25) is 0 Å². The summed E-state index contributed by atoms with van der Waals surface area (Å²) in [6.45, 7) is 5.09. The van der Waals surface area contributed by atoms with E-state index in [1.54, 1.807) is 39.0 Å². The summed E-state index contributed by atoms with van der Waals surface area (Å²) in [5, 5.41) is 8.60. The Morgan fingerprint density at radius 1 is 1.36 bits per heavy atom. The van der Waals surface area contributed by atoms with Gasteiger partial charge in [-0.1, -0.05) is 18.2 Å². The Bertz CT molecular complexity index is 587. The lowest BCUT2D eigenvalue weighted by atomic mass is 10.1. The van der Waals surface area contributed by atoms with Gasteiger partial charge in [0.05, 0.1) is 0 Å². The number of thioether (sulfide) groups is 1. The lowest BCUT2D eigenvalue weighted by Crippen LogP contribution is -2.45. The molecule has 1 heterocycles. The highest BCUT2D eigenvalue weighted by Gasteiger charge is 2.45. The molecule has 2 rings (SSSR count). The molecule has 5 nitrogen and oxygen atoms in total. The van der Waals surface area contributed by atoms with Crippen molar-refractivity contribution < 1.29 is 23.8 Å². The Hall–Kier alpha value is -1.76. The van der Waals surface area contributed by atoms with Gasteiger partial charge in [-0.3, -0.25) is 4.90 Å². The van der Waals surface area contributed by atoms with Crippen molar-refractivity contribution in [2.24, 2.45) is 0 Å².